The molecule has 0 saturated carbocycles. The molecule has 64 valence electrons. The van der Waals surface area contributed by atoms with Crippen molar-refractivity contribution in [1.82, 2.24) is 0 Å². The summed E-state index contributed by atoms with van der Waals surface area (Å²) in [6.45, 7) is 3.63. The molecule has 12 heavy (non-hydrogen) atoms. The lowest BCUT2D eigenvalue weighted by Crippen LogP contribution is -2.14. The van der Waals surface area contributed by atoms with E-state index in [0.29, 0.717) is 0 Å². The van der Waals surface area contributed by atoms with Gasteiger partial charge in [0.15, 0.2) is 0 Å². The van der Waals surface area contributed by atoms with Crippen LogP contribution in [0.3, 0.4) is 0 Å². The topological polar surface area (TPSA) is 46.2 Å². The number of aliphatic hydroxyl groups excluding tert-OH is 1. The molecule has 0 heterocycles. The first-order valence-electron chi connectivity index (χ1n) is 3.86. The highest BCUT2D eigenvalue weighted by Gasteiger charge is 2.02. The van der Waals surface area contributed by atoms with E-state index < -0.39 is 0 Å². The Bertz CT molecular complexity index is 270. The zero-order valence-electron chi connectivity index (χ0n) is 6.90. The third kappa shape index (κ3) is 1.94. The lowest BCUT2D eigenvalue weighted by molar-refractivity contribution is 0.268. The first-order valence-corrected chi connectivity index (χ1v) is 3.86. The maximum Gasteiger partial charge on any atom is 0.0624 e. The van der Waals surface area contributed by atoms with E-state index >= 15 is 0 Å². The average Bonchev–Trinajstić information content (AvgIpc) is 2.17. The van der Waals surface area contributed by atoms with Gasteiger partial charge in [0, 0.05) is 0 Å². The zero-order valence-corrected chi connectivity index (χ0v) is 6.90. The van der Waals surface area contributed by atoms with Crippen molar-refractivity contribution in [1.29, 1.82) is 0 Å². The van der Waals surface area contributed by atoms with Gasteiger partial charge in [-0.1, -0.05) is 36.9 Å². The Morgan fingerprint density at radius 2 is 2.33 bits per heavy atom. The largest absolute Gasteiger partial charge is 0.394 e. The molecular formula is C10H13NO. The average molecular weight is 163 g/mol. The van der Waals surface area contributed by atoms with Crippen molar-refractivity contribution in [3.05, 3.63) is 42.0 Å². The van der Waals surface area contributed by atoms with Crippen LogP contribution in [0, 0.1) is 0 Å². The van der Waals surface area contributed by atoms with Crippen molar-refractivity contribution in [2.45, 2.75) is 6.04 Å². The molecule has 0 aliphatic carbocycles. The second-order valence-electron chi connectivity index (χ2n) is 2.66. The van der Waals surface area contributed by atoms with Crippen LogP contribution in [0.25, 0.3) is 6.08 Å². The third-order valence-electron chi connectivity index (χ3n) is 1.77. The van der Waals surface area contributed by atoms with Crippen molar-refractivity contribution in [3.8, 4) is 0 Å². The quantitative estimate of drug-likeness (QED) is 0.706. The van der Waals surface area contributed by atoms with E-state index in [0.717, 1.165) is 11.1 Å². The van der Waals surface area contributed by atoms with Gasteiger partial charge in [0.1, 0.15) is 0 Å². The van der Waals surface area contributed by atoms with Crippen LogP contribution in [0.4, 0.5) is 0 Å². The Morgan fingerprint density at radius 3 is 2.92 bits per heavy atom. The number of aliphatic hydroxyl groups is 1. The predicted octanol–water partition coefficient (Wildman–Crippen LogP) is 1.32. The number of rotatable bonds is 3. The lowest BCUT2D eigenvalue weighted by atomic mass is 10.1. The van der Waals surface area contributed by atoms with Gasteiger partial charge >= 0.3 is 0 Å². The van der Waals surface area contributed by atoms with E-state index in [1.807, 2.05) is 24.3 Å². The molecule has 0 radical (unpaired) electrons. The van der Waals surface area contributed by atoms with Crippen LogP contribution in [0.5, 0.6) is 0 Å². The van der Waals surface area contributed by atoms with Gasteiger partial charge in [0.05, 0.1) is 12.6 Å². The molecular weight excluding hydrogens is 150 g/mol. The summed E-state index contributed by atoms with van der Waals surface area (Å²) in [7, 11) is 0. The van der Waals surface area contributed by atoms with E-state index in [4.69, 9.17) is 10.8 Å². The van der Waals surface area contributed by atoms with Crippen molar-refractivity contribution in [2.24, 2.45) is 5.73 Å². The Balaban J connectivity index is 2.93. The molecule has 0 aliphatic rings. The Hall–Kier alpha value is -1.12. The molecule has 2 nitrogen and oxygen atoms in total. The van der Waals surface area contributed by atoms with Crippen molar-refractivity contribution >= 4 is 6.08 Å². The number of hydrogen-bond donors (Lipinski definition) is 2. The fourth-order valence-corrected chi connectivity index (χ4v) is 1.02. The monoisotopic (exact) mass is 163 g/mol. The van der Waals surface area contributed by atoms with E-state index in [1.54, 1.807) is 6.08 Å². The Kier molecular flexibility index (Phi) is 3.02. The fourth-order valence-electron chi connectivity index (χ4n) is 1.02. The summed E-state index contributed by atoms with van der Waals surface area (Å²) < 4.78 is 0. The molecule has 1 rings (SSSR count). The van der Waals surface area contributed by atoms with Crippen LogP contribution in [0.1, 0.15) is 17.2 Å². The van der Waals surface area contributed by atoms with Gasteiger partial charge in [-0.2, -0.15) is 0 Å². The standard InChI is InChI=1S/C10H13NO/c1-2-8-4-3-5-9(6-8)10(11)7-12/h2-6,10,12H,1,7,11H2/t10-/m0/s1. The fraction of sp³-hybridized carbons (Fsp3) is 0.200. The molecule has 1 atom stereocenters. The van der Waals surface area contributed by atoms with Crippen LogP contribution in [-0.2, 0) is 0 Å². The molecule has 1 aromatic carbocycles. The third-order valence-corrected chi connectivity index (χ3v) is 1.77. The maximum atomic E-state index is 8.80. The summed E-state index contributed by atoms with van der Waals surface area (Å²) in [6.07, 6.45) is 1.76. The van der Waals surface area contributed by atoms with E-state index in [2.05, 4.69) is 6.58 Å². The molecule has 0 aromatic heterocycles. The number of benzene rings is 1. The molecule has 0 unspecified atom stereocenters. The smallest absolute Gasteiger partial charge is 0.0624 e. The van der Waals surface area contributed by atoms with E-state index in [1.165, 1.54) is 0 Å². The van der Waals surface area contributed by atoms with Gasteiger partial charge in [-0.25, -0.2) is 0 Å². The second kappa shape index (κ2) is 4.04. The van der Waals surface area contributed by atoms with Crippen molar-refractivity contribution < 1.29 is 5.11 Å². The molecule has 0 bridgehead atoms. The summed E-state index contributed by atoms with van der Waals surface area (Å²) in [4.78, 5) is 0. The predicted molar refractivity (Wildman–Crippen MR) is 50.5 cm³/mol. The summed E-state index contributed by atoms with van der Waals surface area (Å²) >= 11 is 0. The highest BCUT2D eigenvalue weighted by Crippen LogP contribution is 2.12. The first-order chi connectivity index (χ1) is 5.77. The molecule has 2 heteroatoms. The first kappa shape index (κ1) is 8.97. The van der Waals surface area contributed by atoms with E-state index in [-0.39, 0.29) is 12.6 Å². The molecule has 3 N–H and O–H groups in total. The van der Waals surface area contributed by atoms with Gasteiger partial charge in [-0.3, -0.25) is 0 Å². The maximum absolute atomic E-state index is 8.80. The van der Waals surface area contributed by atoms with Gasteiger partial charge in [-0.15, -0.1) is 0 Å². The normalized spacial score (nSPS) is 12.5. The minimum Gasteiger partial charge on any atom is -0.394 e. The van der Waals surface area contributed by atoms with Crippen molar-refractivity contribution in [3.63, 3.8) is 0 Å². The highest BCUT2D eigenvalue weighted by molar-refractivity contribution is 5.48. The van der Waals surface area contributed by atoms with Crippen molar-refractivity contribution in [2.75, 3.05) is 6.61 Å². The van der Waals surface area contributed by atoms with Crippen LogP contribution in [0.2, 0.25) is 0 Å². The summed E-state index contributed by atoms with van der Waals surface area (Å²) in [5.41, 5.74) is 7.60. The molecule has 0 aliphatic heterocycles. The molecule has 1 aromatic rings. The van der Waals surface area contributed by atoms with Crippen LogP contribution >= 0.6 is 0 Å². The summed E-state index contributed by atoms with van der Waals surface area (Å²) in [5, 5.41) is 8.80. The summed E-state index contributed by atoms with van der Waals surface area (Å²) in [5.74, 6) is 0. The highest BCUT2D eigenvalue weighted by atomic mass is 16.3. The van der Waals surface area contributed by atoms with Crippen LogP contribution < -0.4 is 5.73 Å². The van der Waals surface area contributed by atoms with Gasteiger partial charge in [0.25, 0.3) is 0 Å². The number of nitrogens with two attached hydrogens (primary N) is 1. The van der Waals surface area contributed by atoms with Crippen LogP contribution in [0.15, 0.2) is 30.8 Å². The van der Waals surface area contributed by atoms with Gasteiger partial charge in [-0.05, 0) is 11.1 Å². The second-order valence-corrected chi connectivity index (χ2v) is 2.66. The number of hydrogen-bond acceptors (Lipinski definition) is 2. The molecule has 0 saturated heterocycles. The van der Waals surface area contributed by atoms with Gasteiger partial charge < -0.3 is 10.8 Å². The SMILES string of the molecule is C=Cc1cccc([C@@H](N)CO)c1. The zero-order chi connectivity index (χ0) is 8.97. The molecule has 0 fully saturated rings. The Labute approximate surface area is 72.3 Å². The van der Waals surface area contributed by atoms with E-state index in [9.17, 15) is 0 Å². The Morgan fingerprint density at radius 1 is 1.58 bits per heavy atom. The van der Waals surface area contributed by atoms with Gasteiger partial charge in [0.2, 0.25) is 0 Å². The minimum atomic E-state index is -0.287. The summed E-state index contributed by atoms with van der Waals surface area (Å²) in [6, 6.07) is 7.38. The van der Waals surface area contributed by atoms with Crippen LogP contribution in [-0.4, -0.2) is 11.7 Å². The molecule has 0 amide bonds. The molecule has 0 spiro atoms. The minimum absolute atomic E-state index is 0.0272. The lowest BCUT2D eigenvalue weighted by Gasteiger charge is -2.08.